The van der Waals surface area contributed by atoms with E-state index in [1.807, 2.05) is 0 Å². The molecule has 1 fully saturated rings. The van der Waals surface area contributed by atoms with Gasteiger partial charge in [0.1, 0.15) is 5.82 Å². The highest BCUT2D eigenvalue weighted by molar-refractivity contribution is 5.96. The van der Waals surface area contributed by atoms with Gasteiger partial charge in [0.2, 0.25) is 18.0 Å². The third kappa shape index (κ3) is 4.35. The standard InChI is InChI=1S/C26H22F3N3O6/c1-36-26(35)38-13-37-24-19(33)12-30-32-22(18-9-4-10-31(18)25(34)23(24)32)20(14-5-2-6-15(27)11-14)16-7-3-8-17(28)21(16)29/h2-3,5-8,11-12,18,20,22H,4,9-10,13H2,1H3/t18-,20-,22-/m1/s1. The molecular weight excluding hydrogens is 507 g/mol. The van der Waals surface area contributed by atoms with E-state index in [0.717, 1.165) is 19.4 Å². The summed E-state index contributed by atoms with van der Waals surface area (Å²) in [5.74, 6) is -4.78. The first kappa shape index (κ1) is 25.3. The summed E-state index contributed by atoms with van der Waals surface area (Å²) in [6.07, 6.45) is 0.972. The van der Waals surface area contributed by atoms with E-state index < -0.39 is 65.5 Å². The van der Waals surface area contributed by atoms with Gasteiger partial charge in [0.05, 0.1) is 25.4 Å². The van der Waals surface area contributed by atoms with Gasteiger partial charge < -0.3 is 19.1 Å². The molecule has 0 unspecified atom stereocenters. The fourth-order valence-electron chi connectivity index (χ4n) is 5.29. The summed E-state index contributed by atoms with van der Waals surface area (Å²) in [6, 6.07) is 7.80. The summed E-state index contributed by atoms with van der Waals surface area (Å²) in [4.78, 5) is 39.2. The van der Waals surface area contributed by atoms with Crippen LogP contribution in [0.2, 0.25) is 0 Å². The number of fused-ring (bicyclic) bond motifs is 2. The van der Waals surface area contributed by atoms with Crippen molar-refractivity contribution in [3.8, 4) is 5.75 Å². The summed E-state index contributed by atoms with van der Waals surface area (Å²) in [6.45, 7) is -0.394. The number of benzene rings is 2. The van der Waals surface area contributed by atoms with Crippen molar-refractivity contribution in [3.05, 3.63) is 93.2 Å². The van der Waals surface area contributed by atoms with Crippen molar-refractivity contribution in [2.75, 3.05) is 20.4 Å². The van der Waals surface area contributed by atoms with Gasteiger partial charge in [-0.25, -0.2) is 18.0 Å². The number of ether oxygens (including phenoxy) is 3. The van der Waals surface area contributed by atoms with Gasteiger partial charge in [-0.2, -0.15) is 5.10 Å². The Kier molecular flexibility index (Phi) is 6.79. The summed E-state index contributed by atoms with van der Waals surface area (Å²) in [5, 5.41) is 4.21. The maximum atomic E-state index is 15.3. The van der Waals surface area contributed by atoms with Crippen molar-refractivity contribution in [1.82, 2.24) is 14.7 Å². The van der Waals surface area contributed by atoms with Gasteiger partial charge >= 0.3 is 6.16 Å². The molecule has 0 aliphatic carbocycles. The van der Waals surface area contributed by atoms with Crippen LogP contribution in [0.4, 0.5) is 18.0 Å². The average Bonchev–Trinajstić information content (AvgIpc) is 3.39. The molecule has 3 heterocycles. The van der Waals surface area contributed by atoms with Crippen LogP contribution < -0.4 is 10.2 Å². The molecule has 0 spiro atoms. The molecule has 38 heavy (non-hydrogen) atoms. The lowest BCUT2D eigenvalue weighted by atomic mass is 9.79. The lowest BCUT2D eigenvalue weighted by molar-refractivity contribution is 0.0126. The van der Waals surface area contributed by atoms with Crippen LogP contribution in [-0.4, -0.2) is 53.2 Å². The Morgan fingerprint density at radius 3 is 2.71 bits per heavy atom. The second kappa shape index (κ2) is 10.2. The molecule has 1 aromatic heterocycles. The normalized spacial score (nSPS) is 18.9. The van der Waals surface area contributed by atoms with E-state index in [1.54, 1.807) is 6.07 Å². The van der Waals surface area contributed by atoms with E-state index in [2.05, 4.69) is 9.84 Å². The van der Waals surface area contributed by atoms with Crippen LogP contribution in [0.5, 0.6) is 5.75 Å². The number of hydrogen-bond donors (Lipinski definition) is 0. The molecule has 0 saturated carbocycles. The number of hydrogen-bond acceptors (Lipinski definition) is 7. The van der Waals surface area contributed by atoms with Gasteiger partial charge in [-0.05, 0) is 36.6 Å². The highest BCUT2D eigenvalue weighted by Crippen LogP contribution is 2.46. The molecule has 0 bridgehead atoms. The van der Waals surface area contributed by atoms with E-state index in [0.29, 0.717) is 24.9 Å². The SMILES string of the molecule is COC(=O)OCOc1c2n(ncc1=O)[C@@H]([C@H](c1cccc(F)c1)c1cccc(F)c1F)[C@H]1CCCN1C2=O. The van der Waals surface area contributed by atoms with Crippen LogP contribution in [0.3, 0.4) is 0 Å². The molecule has 1 amide bonds. The Labute approximate surface area is 214 Å². The van der Waals surface area contributed by atoms with Crippen LogP contribution in [-0.2, 0) is 9.47 Å². The van der Waals surface area contributed by atoms with Crippen LogP contribution in [0, 0.1) is 17.5 Å². The van der Waals surface area contributed by atoms with Gasteiger partial charge in [0.15, 0.2) is 17.3 Å². The van der Waals surface area contributed by atoms with E-state index in [1.165, 1.54) is 39.9 Å². The molecule has 198 valence electrons. The fourth-order valence-corrected chi connectivity index (χ4v) is 5.29. The number of amides is 1. The van der Waals surface area contributed by atoms with Crippen LogP contribution in [0.1, 0.15) is 46.4 Å². The van der Waals surface area contributed by atoms with Crippen LogP contribution >= 0.6 is 0 Å². The molecule has 12 heteroatoms. The van der Waals surface area contributed by atoms with Crippen molar-refractivity contribution in [3.63, 3.8) is 0 Å². The monoisotopic (exact) mass is 529 g/mol. The molecule has 0 radical (unpaired) electrons. The maximum Gasteiger partial charge on any atom is 0.510 e. The van der Waals surface area contributed by atoms with Gasteiger partial charge in [-0.3, -0.25) is 14.3 Å². The predicted octanol–water partition coefficient (Wildman–Crippen LogP) is 3.77. The van der Waals surface area contributed by atoms with Crippen molar-refractivity contribution in [2.24, 2.45) is 0 Å². The van der Waals surface area contributed by atoms with E-state index >= 15 is 4.39 Å². The predicted molar refractivity (Wildman–Crippen MR) is 125 cm³/mol. The largest absolute Gasteiger partial charge is 0.510 e. The number of methoxy groups -OCH3 is 1. The first-order chi connectivity index (χ1) is 18.3. The second-order valence-electron chi connectivity index (χ2n) is 8.87. The summed E-state index contributed by atoms with van der Waals surface area (Å²) in [7, 11) is 1.09. The van der Waals surface area contributed by atoms with Crippen molar-refractivity contribution in [2.45, 2.75) is 30.8 Å². The van der Waals surface area contributed by atoms with Crippen molar-refractivity contribution >= 4 is 12.1 Å². The molecule has 2 aliphatic rings. The number of carbonyl (C=O) groups excluding carboxylic acids is 2. The summed E-state index contributed by atoms with van der Waals surface area (Å²) < 4.78 is 59.9. The molecule has 3 atom stereocenters. The number of aromatic nitrogens is 2. The first-order valence-electron chi connectivity index (χ1n) is 11.8. The van der Waals surface area contributed by atoms with Crippen LogP contribution in [0.15, 0.2) is 53.5 Å². The van der Waals surface area contributed by atoms with Gasteiger partial charge in [-0.1, -0.05) is 24.3 Å². The number of rotatable bonds is 6. The van der Waals surface area contributed by atoms with Crippen molar-refractivity contribution in [1.29, 1.82) is 0 Å². The molecular formula is C26H22F3N3O6. The molecule has 2 aliphatic heterocycles. The first-order valence-corrected chi connectivity index (χ1v) is 11.8. The Morgan fingerprint density at radius 2 is 1.95 bits per heavy atom. The lowest BCUT2D eigenvalue weighted by Gasteiger charge is -2.42. The second-order valence-corrected chi connectivity index (χ2v) is 8.87. The van der Waals surface area contributed by atoms with Gasteiger partial charge in [-0.15, -0.1) is 0 Å². The molecule has 5 rings (SSSR count). The zero-order valence-electron chi connectivity index (χ0n) is 20.1. The van der Waals surface area contributed by atoms with E-state index in [9.17, 15) is 23.2 Å². The lowest BCUT2D eigenvalue weighted by Crippen LogP contribution is -2.51. The van der Waals surface area contributed by atoms with Crippen LogP contribution in [0.25, 0.3) is 0 Å². The fraction of sp³-hybridized carbons (Fsp3) is 0.308. The quantitative estimate of drug-likeness (QED) is 0.354. The minimum Gasteiger partial charge on any atom is -0.451 e. The highest BCUT2D eigenvalue weighted by atomic mass is 19.2. The van der Waals surface area contributed by atoms with Crippen molar-refractivity contribution < 1.29 is 37.0 Å². The molecule has 9 nitrogen and oxygen atoms in total. The smallest absolute Gasteiger partial charge is 0.451 e. The topological polar surface area (TPSA) is 100.0 Å². The van der Waals surface area contributed by atoms with Gasteiger partial charge in [0, 0.05) is 18.0 Å². The zero-order chi connectivity index (χ0) is 27.0. The maximum absolute atomic E-state index is 15.3. The highest BCUT2D eigenvalue weighted by Gasteiger charge is 2.49. The third-order valence-electron chi connectivity index (χ3n) is 6.82. The number of halogens is 3. The van der Waals surface area contributed by atoms with E-state index in [4.69, 9.17) is 9.47 Å². The minimum atomic E-state index is -1.12. The third-order valence-corrected chi connectivity index (χ3v) is 6.82. The average molecular weight is 529 g/mol. The number of carbonyl (C=O) groups is 2. The molecule has 1 saturated heterocycles. The molecule has 3 aromatic rings. The number of nitrogens with zero attached hydrogens (tertiary/aromatic N) is 3. The Morgan fingerprint density at radius 1 is 1.16 bits per heavy atom. The zero-order valence-corrected chi connectivity index (χ0v) is 20.1. The Bertz CT molecular complexity index is 1460. The molecule has 2 aromatic carbocycles. The molecule has 0 N–H and O–H groups in total. The Hall–Kier alpha value is -4.35. The minimum absolute atomic E-state index is 0.0651. The summed E-state index contributed by atoms with van der Waals surface area (Å²) >= 11 is 0. The van der Waals surface area contributed by atoms with Gasteiger partial charge in [0.25, 0.3) is 5.91 Å². The van der Waals surface area contributed by atoms with E-state index in [-0.39, 0.29) is 11.3 Å². The Balaban J connectivity index is 1.72. The summed E-state index contributed by atoms with van der Waals surface area (Å²) in [5.41, 5.74) is -0.741.